The Morgan fingerprint density at radius 3 is 2.56 bits per heavy atom. The Hall–Kier alpha value is -1.35. The summed E-state index contributed by atoms with van der Waals surface area (Å²) in [6, 6.07) is 9.87. The fraction of sp³-hybridized carbons (Fsp3) is 0.533. The molecule has 1 aliphatic rings. The molecule has 0 amide bonds. The zero-order valence-corrected chi connectivity index (χ0v) is 10.6. The summed E-state index contributed by atoms with van der Waals surface area (Å²) >= 11 is 0. The fourth-order valence-corrected chi connectivity index (χ4v) is 2.29. The number of hydrogen-bond donors (Lipinski definition) is 0. The summed E-state index contributed by atoms with van der Waals surface area (Å²) in [5.74, 6) is 0.00170. The lowest BCUT2D eigenvalue weighted by Gasteiger charge is -2.19. The van der Waals surface area contributed by atoms with Gasteiger partial charge in [0.05, 0.1) is 12.5 Å². The molecule has 0 atom stereocenters. The molecule has 0 N–H and O–H groups in total. The molecule has 1 aromatic rings. The molecule has 98 valence electrons. The first-order chi connectivity index (χ1) is 8.86. The van der Waals surface area contributed by atoms with Crippen LogP contribution in [0.5, 0.6) is 0 Å². The minimum Gasteiger partial charge on any atom is -0.438 e. The second-order valence-corrected chi connectivity index (χ2v) is 4.75. The lowest BCUT2D eigenvalue weighted by molar-refractivity contribution is -0.163. The lowest BCUT2D eigenvalue weighted by Crippen LogP contribution is -2.21. The third-order valence-electron chi connectivity index (χ3n) is 3.33. The molecule has 0 unspecified atom stereocenters. The molecular formula is C15H20O3. The first kappa shape index (κ1) is 13.1. The van der Waals surface area contributed by atoms with E-state index in [1.165, 1.54) is 6.42 Å². The highest BCUT2D eigenvalue weighted by atomic mass is 16.7. The van der Waals surface area contributed by atoms with Gasteiger partial charge in [0.1, 0.15) is 0 Å². The number of carbonyl (C=O) groups excluding carboxylic acids is 1. The van der Waals surface area contributed by atoms with E-state index in [-0.39, 0.29) is 18.7 Å². The van der Waals surface area contributed by atoms with E-state index in [4.69, 9.17) is 9.47 Å². The van der Waals surface area contributed by atoms with E-state index in [1.54, 1.807) is 0 Å². The molecule has 3 heteroatoms. The van der Waals surface area contributed by atoms with E-state index >= 15 is 0 Å². The predicted octanol–water partition coefficient (Wildman–Crippen LogP) is 3.28. The fourth-order valence-electron chi connectivity index (χ4n) is 2.29. The van der Waals surface area contributed by atoms with Crippen LogP contribution >= 0.6 is 0 Å². The summed E-state index contributed by atoms with van der Waals surface area (Å²) in [5.41, 5.74) is 1.09. The van der Waals surface area contributed by atoms with Crippen LogP contribution in [-0.2, 0) is 20.9 Å². The second-order valence-electron chi connectivity index (χ2n) is 4.75. The van der Waals surface area contributed by atoms with E-state index in [1.807, 2.05) is 30.3 Å². The summed E-state index contributed by atoms with van der Waals surface area (Å²) in [6.45, 7) is 0.545. The molecule has 0 radical (unpaired) electrons. The van der Waals surface area contributed by atoms with Crippen molar-refractivity contribution in [2.75, 3.05) is 6.79 Å². The predicted molar refractivity (Wildman–Crippen MR) is 68.8 cm³/mol. The average Bonchev–Trinajstić information content (AvgIpc) is 2.45. The van der Waals surface area contributed by atoms with Crippen LogP contribution in [0.3, 0.4) is 0 Å². The van der Waals surface area contributed by atoms with E-state index in [0.29, 0.717) is 6.61 Å². The van der Waals surface area contributed by atoms with Crippen LogP contribution in [0.15, 0.2) is 30.3 Å². The molecule has 18 heavy (non-hydrogen) atoms. The van der Waals surface area contributed by atoms with Crippen molar-refractivity contribution in [2.24, 2.45) is 5.92 Å². The molecule has 3 nitrogen and oxygen atoms in total. The zero-order valence-electron chi connectivity index (χ0n) is 10.6. The van der Waals surface area contributed by atoms with Gasteiger partial charge >= 0.3 is 5.97 Å². The van der Waals surface area contributed by atoms with Crippen molar-refractivity contribution in [1.29, 1.82) is 0 Å². The summed E-state index contributed by atoms with van der Waals surface area (Å²) < 4.78 is 10.5. The molecule has 0 saturated heterocycles. The first-order valence-corrected chi connectivity index (χ1v) is 6.64. The molecule has 1 saturated carbocycles. The van der Waals surface area contributed by atoms with Crippen LogP contribution in [0, 0.1) is 5.92 Å². The third-order valence-corrected chi connectivity index (χ3v) is 3.33. The van der Waals surface area contributed by atoms with Crippen LogP contribution in [0.25, 0.3) is 0 Å². The first-order valence-electron chi connectivity index (χ1n) is 6.64. The highest BCUT2D eigenvalue weighted by Crippen LogP contribution is 2.24. The monoisotopic (exact) mass is 248 g/mol. The average molecular weight is 248 g/mol. The molecule has 0 heterocycles. The van der Waals surface area contributed by atoms with Crippen LogP contribution in [0.4, 0.5) is 0 Å². The van der Waals surface area contributed by atoms with Gasteiger partial charge < -0.3 is 9.47 Å². The minimum absolute atomic E-state index is 0.0597. The van der Waals surface area contributed by atoms with Crippen molar-refractivity contribution in [3.8, 4) is 0 Å². The van der Waals surface area contributed by atoms with Gasteiger partial charge in [0.15, 0.2) is 6.79 Å². The summed E-state index contributed by atoms with van der Waals surface area (Å²) in [4.78, 5) is 11.7. The van der Waals surface area contributed by atoms with Crippen LogP contribution in [-0.4, -0.2) is 12.8 Å². The van der Waals surface area contributed by atoms with Crippen molar-refractivity contribution in [3.63, 3.8) is 0 Å². The van der Waals surface area contributed by atoms with E-state index < -0.39 is 0 Å². The smallest absolute Gasteiger partial charge is 0.311 e. The number of benzene rings is 1. The van der Waals surface area contributed by atoms with Crippen LogP contribution in [0.2, 0.25) is 0 Å². The SMILES string of the molecule is O=C(OCOCc1ccccc1)C1CCCCC1. The number of rotatable bonds is 5. The van der Waals surface area contributed by atoms with Gasteiger partial charge in [-0.05, 0) is 18.4 Å². The summed E-state index contributed by atoms with van der Waals surface area (Å²) in [5, 5.41) is 0. The van der Waals surface area contributed by atoms with Crippen molar-refractivity contribution in [1.82, 2.24) is 0 Å². The van der Waals surface area contributed by atoms with Crippen molar-refractivity contribution in [2.45, 2.75) is 38.7 Å². The topological polar surface area (TPSA) is 35.5 Å². The molecule has 1 aromatic carbocycles. The largest absolute Gasteiger partial charge is 0.438 e. The van der Waals surface area contributed by atoms with Gasteiger partial charge in [0, 0.05) is 0 Å². The van der Waals surface area contributed by atoms with Crippen LogP contribution < -0.4 is 0 Å². The standard InChI is InChI=1S/C15H20O3/c16-15(14-9-5-2-6-10-14)18-12-17-11-13-7-3-1-4-8-13/h1,3-4,7-8,14H,2,5-6,9-12H2. The molecule has 2 rings (SSSR count). The van der Waals surface area contributed by atoms with Crippen LogP contribution in [0.1, 0.15) is 37.7 Å². The molecule has 0 spiro atoms. The Balaban J connectivity index is 1.61. The van der Waals surface area contributed by atoms with Crippen molar-refractivity contribution in [3.05, 3.63) is 35.9 Å². The van der Waals surface area contributed by atoms with Gasteiger partial charge in [0.25, 0.3) is 0 Å². The van der Waals surface area contributed by atoms with Gasteiger partial charge in [-0.3, -0.25) is 4.79 Å². The maximum Gasteiger partial charge on any atom is 0.311 e. The molecule has 1 fully saturated rings. The van der Waals surface area contributed by atoms with E-state index in [2.05, 4.69) is 0 Å². The number of ether oxygens (including phenoxy) is 2. The Labute approximate surface area is 108 Å². The van der Waals surface area contributed by atoms with Gasteiger partial charge in [-0.2, -0.15) is 0 Å². The van der Waals surface area contributed by atoms with Gasteiger partial charge in [-0.15, -0.1) is 0 Å². The number of esters is 1. The minimum atomic E-state index is -0.0947. The highest BCUT2D eigenvalue weighted by molar-refractivity contribution is 5.72. The zero-order chi connectivity index (χ0) is 12.6. The maximum atomic E-state index is 11.7. The Kier molecular flexibility index (Phi) is 5.21. The van der Waals surface area contributed by atoms with Gasteiger partial charge in [-0.25, -0.2) is 0 Å². The van der Waals surface area contributed by atoms with E-state index in [9.17, 15) is 4.79 Å². The maximum absolute atomic E-state index is 11.7. The molecule has 0 aromatic heterocycles. The Morgan fingerprint density at radius 1 is 1.11 bits per heavy atom. The van der Waals surface area contributed by atoms with E-state index in [0.717, 1.165) is 31.2 Å². The Morgan fingerprint density at radius 2 is 1.83 bits per heavy atom. The second kappa shape index (κ2) is 7.17. The number of carbonyl (C=O) groups is 1. The number of hydrogen-bond acceptors (Lipinski definition) is 3. The highest BCUT2D eigenvalue weighted by Gasteiger charge is 2.22. The molecular weight excluding hydrogens is 228 g/mol. The quantitative estimate of drug-likeness (QED) is 0.455. The van der Waals surface area contributed by atoms with Gasteiger partial charge in [-0.1, -0.05) is 49.6 Å². The van der Waals surface area contributed by atoms with Gasteiger partial charge in [0.2, 0.25) is 0 Å². The molecule has 0 bridgehead atoms. The Bertz CT molecular complexity index is 355. The molecule has 0 aliphatic heterocycles. The normalized spacial score (nSPS) is 16.4. The summed E-state index contributed by atoms with van der Waals surface area (Å²) in [7, 11) is 0. The van der Waals surface area contributed by atoms with Crippen molar-refractivity contribution < 1.29 is 14.3 Å². The van der Waals surface area contributed by atoms with Crippen molar-refractivity contribution >= 4 is 5.97 Å². The lowest BCUT2D eigenvalue weighted by atomic mass is 9.89. The molecule has 1 aliphatic carbocycles. The third kappa shape index (κ3) is 4.15. The summed E-state index contributed by atoms with van der Waals surface area (Å²) in [6.07, 6.45) is 5.47.